The Morgan fingerprint density at radius 2 is 1.77 bits per heavy atom. The molecular weight excluding hydrogens is 336 g/mol. The number of pyridine rings is 1. The van der Waals surface area contributed by atoms with Crippen LogP contribution in [0.3, 0.4) is 0 Å². The fourth-order valence-electron chi connectivity index (χ4n) is 2.72. The van der Waals surface area contributed by atoms with E-state index >= 15 is 0 Å². The highest BCUT2D eigenvalue weighted by Gasteiger charge is 2.13. The van der Waals surface area contributed by atoms with Crippen LogP contribution >= 0.6 is 0 Å². The Bertz CT molecular complexity index is 1090. The normalized spacial score (nSPS) is 10.8. The molecule has 0 aliphatic carbocycles. The maximum absolute atomic E-state index is 13.5. The molecule has 0 saturated heterocycles. The molecule has 0 radical (unpaired) electrons. The van der Waals surface area contributed by atoms with Crippen LogP contribution in [0.2, 0.25) is 0 Å². The van der Waals surface area contributed by atoms with Gasteiger partial charge in [0.1, 0.15) is 0 Å². The van der Waals surface area contributed by atoms with Crippen LogP contribution in [0.1, 0.15) is 10.4 Å². The summed E-state index contributed by atoms with van der Waals surface area (Å²) in [5.74, 6) is -2.30. The predicted molar refractivity (Wildman–Crippen MR) is 95.8 cm³/mol. The molecule has 26 heavy (non-hydrogen) atoms. The number of fused-ring (bicyclic) bond motifs is 1. The molecule has 2 N–H and O–H groups in total. The van der Waals surface area contributed by atoms with Crippen LogP contribution in [0.4, 0.5) is 14.5 Å². The molecule has 0 aliphatic rings. The van der Waals surface area contributed by atoms with E-state index in [0.29, 0.717) is 22.2 Å². The van der Waals surface area contributed by atoms with Crippen molar-refractivity contribution in [3.05, 3.63) is 84.2 Å². The van der Waals surface area contributed by atoms with Crippen LogP contribution in [0, 0.1) is 11.6 Å². The fourth-order valence-corrected chi connectivity index (χ4v) is 2.72. The Hall–Kier alpha value is -3.54. The highest BCUT2D eigenvalue weighted by Crippen LogP contribution is 2.26. The van der Waals surface area contributed by atoms with Crippen molar-refractivity contribution in [3.63, 3.8) is 0 Å². The van der Waals surface area contributed by atoms with Gasteiger partial charge in [-0.15, -0.1) is 0 Å². The van der Waals surface area contributed by atoms with E-state index in [1.165, 1.54) is 12.4 Å². The Balaban J connectivity index is 1.58. The summed E-state index contributed by atoms with van der Waals surface area (Å²) in [7, 11) is 0. The minimum atomic E-state index is -0.971. The van der Waals surface area contributed by atoms with Crippen LogP contribution in [-0.4, -0.2) is 15.9 Å². The average Bonchev–Trinajstić information content (AvgIpc) is 3.04. The van der Waals surface area contributed by atoms with Crippen LogP contribution in [-0.2, 0) is 0 Å². The van der Waals surface area contributed by atoms with E-state index in [1.54, 1.807) is 12.1 Å². The Morgan fingerprint density at radius 1 is 1.00 bits per heavy atom. The first kappa shape index (κ1) is 16.0. The van der Waals surface area contributed by atoms with E-state index in [0.717, 1.165) is 23.4 Å². The number of nitrogens with one attached hydrogen (secondary N) is 2. The molecule has 0 unspecified atom stereocenters. The zero-order chi connectivity index (χ0) is 18.1. The van der Waals surface area contributed by atoms with Gasteiger partial charge in [0, 0.05) is 29.4 Å². The number of carbonyl (C=O) groups excluding carboxylic acids is 1. The van der Waals surface area contributed by atoms with Gasteiger partial charge in [0.25, 0.3) is 5.91 Å². The van der Waals surface area contributed by atoms with Crippen molar-refractivity contribution in [1.82, 2.24) is 9.97 Å². The second-order valence-corrected chi connectivity index (χ2v) is 5.77. The van der Waals surface area contributed by atoms with Crippen LogP contribution in [0.25, 0.3) is 22.2 Å². The Kier molecular flexibility index (Phi) is 3.93. The molecule has 0 atom stereocenters. The zero-order valence-corrected chi connectivity index (χ0v) is 13.5. The number of hydrogen-bond acceptors (Lipinski definition) is 2. The van der Waals surface area contributed by atoms with Crippen molar-refractivity contribution in [3.8, 4) is 11.3 Å². The summed E-state index contributed by atoms with van der Waals surface area (Å²) < 4.78 is 26.7. The molecule has 1 amide bonds. The first-order chi connectivity index (χ1) is 12.6. The van der Waals surface area contributed by atoms with Gasteiger partial charge < -0.3 is 10.3 Å². The summed E-state index contributed by atoms with van der Waals surface area (Å²) in [6.07, 6.45) is 2.97. The highest BCUT2D eigenvalue weighted by atomic mass is 19.2. The molecule has 4 aromatic rings. The molecule has 2 aromatic carbocycles. The number of benzene rings is 2. The topological polar surface area (TPSA) is 57.8 Å². The van der Waals surface area contributed by atoms with E-state index in [4.69, 9.17) is 0 Å². The minimum absolute atomic E-state index is 0.363. The van der Waals surface area contributed by atoms with Gasteiger partial charge in [-0.25, -0.2) is 8.78 Å². The molecule has 0 aliphatic heterocycles. The van der Waals surface area contributed by atoms with Gasteiger partial charge in [0.05, 0.1) is 22.5 Å². The third-order valence-electron chi connectivity index (χ3n) is 4.07. The predicted octanol–water partition coefficient (Wildman–Crippen LogP) is 4.76. The highest BCUT2D eigenvalue weighted by molar-refractivity contribution is 6.08. The standard InChI is InChI=1S/C20H13F2N3O/c21-15-8-14-18(9-16(15)22)24-11-19(14)25-20(26)13-6-7-17(23-10-13)12-4-2-1-3-5-12/h1-11,24H,(H,25,26). The number of carbonyl (C=O) groups is 1. The van der Waals surface area contributed by atoms with Crippen LogP contribution in [0.5, 0.6) is 0 Å². The molecule has 6 heteroatoms. The molecule has 128 valence electrons. The number of nitrogens with zero attached hydrogens (tertiary/aromatic N) is 1. The molecule has 4 rings (SSSR count). The van der Waals surface area contributed by atoms with E-state index in [9.17, 15) is 13.6 Å². The number of aromatic nitrogens is 2. The average molecular weight is 349 g/mol. The lowest BCUT2D eigenvalue weighted by Gasteiger charge is -2.05. The van der Waals surface area contributed by atoms with Crippen molar-refractivity contribution >= 4 is 22.5 Å². The van der Waals surface area contributed by atoms with Crippen LogP contribution in [0.15, 0.2) is 67.0 Å². The molecule has 0 bridgehead atoms. The largest absolute Gasteiger partial charge is 0.359 e. The number of aromatic amines is 1. The van der Waals surface area contributed by atoms with Gasteiger partial charge in [-0.05, 0) is 18.2 Å². The van der Waals surface area contributed by atoms with E-state index in [1.807, 2.05) is 30.3 Å². The number of H-pyrrole nitrogens is 1. The lowest BCUT2D eigenvalue weighted by molar-refractivity contribution is 0.102. The Morgan fingerprint density at radius 3 is 2.50 bits per heavy atom. The molecular formula is C20H13F2N3O. The lowest BCUT2D eigenvalue weighted by atomic mass is 10.1. The van der Waals surface area contributed by atoms with E-state index < -0.39 is 11.6 Å². The quantitative estimate of drug-likeness (QED) is 0.560. The molecule has 4 nitrogen and oxygen atoms in total. The summed E-state index contributed by atoms with van der Waals surface area (Å²) in [5.41, 5.74) is 2.84. The molecule has 0 fully saturated rings. The van der Waals surface area contributed by atoms with E-state index in [-0.39, 0.29) is 5.91 Å². The first-order valence-corrected chi connectivity index (χ1v) is 7.91. The molecule has 2 heterocycles. The zero-order valence-electron chi connectivity index (χ0n) is 13.5. The van der Waals surface area contributed by atoms with Crippen molar-refractivity contribution in [2.45, 2.75) is 0 Å². The van der Waals surface area contributed by atoms with Gasteiger partial charge in [0.15, 0.2) is 11.6 Å². The van der Waals surface area contributed by atoms with Gasteiger partial charge in [-0.3, -0.25) is 9.78 Å². The summed E-state index contributed by atoms with van der Waals surface area (Å²) in [4.78, 5) is 19.5. The van der Waals surface area contributed by atoms with Crippen molar-refractivity contribution in [1.29, 1.82) is 0 Å². The smallest absolute Gasteiger partial charge is 0.257 e. The maximum atomic E-state index is 13.5. The SMILES string of the molecule is O=C(Nc1c[nH]c2cc(F)c(F)cc12)c1ccc(-c2ccccc2)nc1. The number of halogens is 2. The number of anilines is 1. The first-order valence-electron chi connectivity index (χ1n) is 7.91. The number of rotatable bonds is 3. The fraction of sp³-hybridized carbons (Fsp3) is 0. The Labute approximate surface area is 147 Å². The second-order valence-electron chi connectivity index (χ2n) is 5.77. The number of amides is 1. The lowest BCUT2D eigenvalue weighted by Crippen LogP contribution is -2.12. The number of hydrogen-bond donors (Lipinski definition) is 2. The van der Waals surface area contributed by atoms with Gasteiger partial charge in [0.2, 0.25) is 0 Å². The van der Waals surface area contributed by atoms with Gasteiger partial charge in [-0.1, -0.05) is 30.3 Å². The third-order valence-corrected chi connectivity index (χ3v) is 4.07. The molecule has 2 aromatic heterocycles. The van der Waals surface area contributed by atoms with Crippen molar-refractivity contribution < 1.29 is 13.6 Å². The maximum Gasteiger partial charge on any atom is 0.257 e. The second kappa shape index (κ2) is 6.40. The van der Waals surface area contributed by atoms with Crippen molar-refractivity contribution in [2.24, 2.45) is 0 Å². The third kappa shape index (κ3) is 2.93. The van der Waals surface area contributed by atoms with Gasteiger partial charge >= 0.3 is 0 Å². The summed E-state index contributed by atoms with van der Waals surface area (Å²) in [6.45, 7) is 0. The summed E-state index contributed by atoms with van der Waals surface area (Å²) in [6, 6.07) is 15.1. The molecule has 0 spiro atoms. The minimum Gasteiger partial charge on any atom is -0.359 e. The van der Waals surface area contributed by atoms with Crippen LogP contribution < -0.4 is 5.32 Å². The van der Waals surface area contributed by atoms with Crippen molar-refractivity contribution in [2.75, 3.05) is 5.32 Å². The summed E-state index contributed by atoms with van der Waals surface area (Å²) >= 11 is 0. The molecule has 0 saturated carbocycles. The van der Waals surface area contributed by atoms with Gasteiger partial charge in [-0.2, -0.15) is 0 Å². The van der Waals surface area contributed by atoms with E-state index in [2.05, 4.69) is 15.3 Å². The monoisotopic (exact) mass is 349 g/mol. The summed E-state index contributed by atoms with van der Waals surface area (Å²) in [5, 5.41) is 3.08.